The predicted octanol–water partition coefficient (Wildman–Crippen LogP) is 1.13. The molecule has 2 heterocycles. The van der Waals surface area contributed by atoms with Crippen LogP contribution in [0.15, 0.2) is 36.5 Å². The van der Waals surface area contributed by atoms with Gasteiger partial charge in [0, 0.05) is 11.3 Å². The summed E-state index contributed by atoms with van der Waals surface area (Å²) in [5, 5.41) is 14.0. The molecular weight excluding hydrogens is 277 g/mol. The standard InChI is InChI=1S/C13H12FN5O2/c1-7-10(12(20)21-2)11(8-5-3-4-6-9(8)14)19-13(15-7)16-17-18-19/h3-6,10-11H,1H2,2H3,(H,15,16,18)/t10-,11+/m1/s1. The highest BCUT2D eigenvalue weighted by molar-refractivity contribution is 5.78. The lowest BCUT2D eigenvalue weighted by Crippen LogP contribution is -2.37. The van der Waals surface area contributed by atoms with Crippen LogP contribution in [0.25, 0.3) is 0 Å². The maximum Gasteiger partial charge on any atom is 0.317 e. The van der Waals surface area contributed by atoms with E-state index < -0.39 is 23.7 Å². The van der Waals surface area contributed by atoms with Gasteiger partial charge in [-0.3, -0.25) is 4.79 Å². The van der Waals surface area contributed by atoms with Gasteiger partial charge in [0.15, 0.2) is 0 Å². The molecule has 108 valence electrons. The van der Waals surface area contributed by atoms with E-state index in [9.17, 15) is 9.18 Å². The van der Waals surface area contributed by atoms with Crippen LogP contribution in [0.3, 0.4) is 0 Å². The molecule has 1 aliphatic rings. The van der Waals surface area contributed by atoms with Crippen LogP contribution in [0.2, 0.25) is 0 Å². The number of hydrogen-bond acceptors (Lipinski definition) is 6. The number of rotatable bonds is 2. The van der Waals surface area contributed by atoms with Gasteiger partial charge in [-0.2, -0.15) is 0 Å². The molecule has 8 heteroatoms. The number of esters is 1. The average molecular weight is 289 g/mol. The Labute approximate surface area is 119 Å². The van der Waals surface area contributed by atoms with Crippen LogP contribution in [0.5, 0.6) is 0 Å². The molecule has 2 aromatic rings. The molecule has 0 radical (unpaired) electrons. The van der Waals surface area contributed by atoms with Crippen molar-refractivity contribution in [3.63, 3.8) is 0 Å². The summed E-state index contributed by atoms with van der Waals surface area (Å²) in [7, 11) is 1.27. The van der Waals surface area contributed by atoms with Crippen LogP contribution in [-0.4, -0.2) is 33.3 Å². The number of nitrogens with one attached hydrogen (secondary N) is 1. The smallest absolute Gasteiger partial charge is 0.317 e. The Kier molecular flexibility index (Phi) is 3.13. The number of halogens is 1. The van der Waals surface area contributed by atoms with Gasteiger partial charge in [0.2, 0.25) is 5.95 Å². The Balaban J connectivity index is 2.19. The van der Waals surface area contributed by atoms with E-state index in [0.29, 0.717) is 17.2 Å². The number of methoxy groups -OCH3 is 1. The lowest BCUT2D eigenvalue weighted by atomic mass is 9.89. The highest BCUT2D eigenvalue weighted by Gasteiger charge is 2.41. The van der Waals surface area contributed by atoms with Gasteiger partial charge in [-0.1, -0.05) is 29.9 Å². The van der Waals surface area contributed by atoms with Gasteiger partial charge in [0.1, 0.15) is 17.8 Å². The summed E-state index contributed by atoms with van der Waals surface area (Å²) in [5.41, 5.74) is 0.654. The first-order valence-electron chi connectivity index (χ1n) is 6.19. The second kappa shape index (κ2) is 4.97. The molecular formula is C13H12FN5O2. The molecule has 0 spiro atoms. The topological polar surface area (TPSA) is 81.9 Å². The minimum atomic E-state index is -0.831. The molecule has 1 N–H and O–H groups in total. The van der Waals surface area contributed by atoms with Crippen molar-refractivity contribution in [3.05, 3.63) is 47.9 Å². The molecule has 0 amide bonds. The van der Waals surface area contributed by atoms with E-state index >= 15 is 0 Å². The van der Waals surface area contributed by atoms with Crippen LogP contribution in [0.1, 0.15) is 11.6 Å². The highest BCUT2D eigenvalue weighted by Crippen LogP contribution is 2.38. The zero-order chi connectivity index (χ0) is 15.0. The van der Waals surface area contributed by atoms with Gasteiger partial charge in [-0.15, -0.1) is 0 Å². The molecule has 0 fully saturated rings. The van der Waals surface area contributed by atoms with E-state index in [-0.39, 0.29) is 0 Å². The summed E-state index contributed by atoms with van der Waals surface area (Å²) in [4.78, 5) is 12.1. The molecule has 2 atom stereocenters. The maximum absolute atomic E-state index is 14.2. The van der Waals surface area contributed by atoms with Crippen LogP contribution in [0, 0.1) is 11.7 Å². The minimum Gasteiger partial charge on any atom is -0.468 e. The van der Waals surface area contributed by atoms with Crippen molar-refractivity contribution in [2.45, 2.75) is 6.04 Å². The third-order valence-electron chi connectivity index (χ3n) is 3.40. The summed E-state index contributed by atoms with van der Waals surface area (Å²) < 4.78 is 20.3. The third kappa shape index (κ3) is 2.04. The fraction of sp³-hybridized carbons (Fsp3) is 0.231. The fourth-order valence-electron chi connectivity index (χ4n) is 2.44. The van der Waals surface area contributed by atoms with Crippen molar-refractivity contribution < 1.29 is 13.9 Å². The van der Waals surface area contributed by atoms with E-state index in [0.717, 1.165) is 0 Å². The molecule has 0 saturated heterocycles. The van der Waals surface area contributed by atoms with E-state index in [1.54, 1.807) is 18.2 Å². The number of hydrogen-bond donors (Lipinski definition) is 1. The fourth-order valence-corrected chi connectivity index (χ4v) is 2.44. The summed E-state index contributed by atoms with van der Waals surface area (Å²) in [6.07, 6.45) is 0. The van der Waals surface area contributed by atoms with Gasteiger partial charge in [0.25, 0.3) is 0 Å². The number of carbonyl (C=O) groups excluding carboxylic acids is 1. The van der Waals surface area contributed by atoms with Crippen molar-refractivity contribution in [1.82, 2.24) is 20.2 Å². The predicted molar refractivity (Wildman–Crippen MR) is 70.6 cm³/mol. The second-order valence-corrected chi connectivity index (χ2v) is 4.56. The van der Waals surface area contributed by atoms with Crippen LogP contribution in [-0.2, 0) is 9.53 Å². The molecule has 0 saturated carbocycles. The molecule has 0 bridgehead atoms. The lowest BCUT2D eigenvalue weighted by Gasteiger charge is -2.32. The zero-order valence-electron chi connectivity index (χ0n) is 11.2. The lowest BCUT2D eigenvalue weighted by molar-refractivity contribution is -0.145. The number of fused-ring (bicyclic) bond motifs is 1. The van der Waals surface area contributed by atoms with Crippen LogP contribution < -0.4 is 5.32 Å². The molecule has 21 heavy (non-hydrogen) atoms. The quantitative estimate of drug-likeness (QED) is 0.835. The minimum absolute atomic E-state index is 0.295. The summed E-state index contributed by atoms with van der Waals surface area (Å²) >= 11 is 0. The van der Waals surface area contributed by atoms with E-state index in [1.165, 1.54) is 17.9 Å². The largest absolute Gasteiger partial charge is 0.468 e. The first-order chi connectivity index (χ1) is 10.1. The van der Waals surface area contributed by atoms with E-state index in [4.69, 9.17) is 4.74 Å². The Morgan fingerprint density at radius 2 is 2.24 bits per heavy atom. The van der Waals surface area contributed by atoms with Crippen LogP contribution in [0.4, 0.5) is 10.3 Å². The third-order valence-corrected chi connectivity index (χ3v) is 3.40. The number of carbonyl (C=O) groups is 1. The van der Waals surface area contributed by atoms with Crippen LogP contribution >= 0.6 is 0 Å². The number of anilines is 1. The van der Waals surface area contributed by atoms with Gasteiger partial charge in [0.05, 0.1) is 7.11 Å². The maximum atomic E-state index is 14.2. The van der Waals surface area contributed by atoms with Crippen molar-refractivity contribution in [2.75, 3.05) is 12.4 Å². The second-order valence-electron chi connectivity index (χ2n) is 4.56. The van der Waals surface area contributed by atoms with Gasteiger partial charge >= 0.3 is 5.97 Å². The van der Waals surface area contributed by atoms with Crippen molar-refractivity contribution >= 4 is 11.9 Å². The Morgan fingerprint density at radius 1 is 1.48 bits per heavy atom. The summed E-state index contributed by atoms with van der Waals surface area (Å²) in [5.74, 6) is -1.52. The molecule has 1 aromatic carbocycles. The summed E-state index contributed by atoms with van der Waals surface area (Å²) in [6, 6.07) is 5.40. The van der Waals surface area contributed by atoms with Crippen molar-refractivity contribution in [1.29, 1.82) is 0 Å². The van der Waals surface area contributed by atoms with Crippen molar-refractivity contribution in [2.24, 2.45) is 5.92 Å². The zero-order valence-corrected chi connectivity index (χ0v) is 11.2. The number of nitrogens with zero attached hydrogens (tertiary/aromatic N) is 4. The number of benzene rings is 1. The monoisotopic (exact) mass is 289 g/mol. The number of ether oxygens (including phenoxy) is 1. The molecule has 1 aromatic heterocycles. The Morgan fingerprint density at radius 3 is 2.95 bits per heavy atom. The first kappa shape index (κ1) is 13.2. The normalized spacial score (nSPS) is 20.6. The molecule has 7 nitrogen and oxygen atoms in total. The Hall–Kier alpha value is -2.77. The molecule has 3 rings (SSSR count). The number of tetrazole rings is 1. The van der Waals surface area contributed by atoms with Crippen molar-refractivity contribution in [3.8, 4) is 0 Å². The summed E-state index contributed by atoms with van der Waals surface area (Å²) in [6.45, 7) is 3.81. The molecule has 0 aliphatic carbocycles. The Bertz CT molecular complexity index is 714. The molecule has 0 unspecified atom stereocenters. The SMILES string of the molecule is C=C1Nc2nnnn2[C@@H](c2ccccc2F)[C@@H]1C(=O)OC. The number of aromatic nitrogens is 4. The van der Waals surface area contributed by atoms with Gasteiger partial charge in [-0.25, -0.2) is 9.07 Å². The van der Waals surface area contributed by atoms with E-state index in [1.807, 2.05) is 0 Å². The van der Waals surface area contributed by atoms with E-state index in [2.05, 4.69) is 27.4 Å². The first-order valence-corrected chi connectivity index (χ1v) is 6.19. The van der Waals surface area contributed by atoms with Gasteiger partial charge < -0.3 is 10.1 Å². The molecule has 1 aliphatic heterocycles. The average Bonchev–Trinajstić information content (AvgIpc) is 2.93. The highest BCUT2D eigenvalue weighted by atomic mass is 19.1. The van der Waals surface area contributed by atoms with Gasteiger partial charge in [-0.05, 0) is 16.5 Å².